The van der Waals surface area contributed by atoms with Gasteiger partial charge in [-0.25, -0.2) is 9.79 Å². The Labute approximate surface area is 76.9 Å². The van der Waals surface area contributed by atoms with Gasteiger partial charge >= 0.3 is 5.97 Å². The largest absolute Gasteiger partial charge is 0.465 e. The van der Waals surface area contributed by atoms with Gasteiger partial charge < -0.3 is 9.64 Å². The number of aliphatic imine (C=N–C) groups is 1. The second-order valence-corrected chi connectivity index (χ2v) is 2.37. The molecule has 0 amide bonds. The maximum Gasteiger partial charge on any atom is 0.350 e. The van der Waals surface area contributed by atoms with Gasteiger partial charge in [0.05, 0.1) is 19.6 Å². The summed E-state index contributed by atoms with van der Waals surface area (Å²) in [6, 6.07) is 1.68. The fourth-order valence-electron chi connectivity index (χ4n) is 0.478. The van der Waals surface area contributed by atoms with Crippen molar-refractivity contribution in [1.29, 1.82) is 5.26 Å². The van der Waals surface area contributed by atoms with Gasteiger partial charge in [0, 0.05) is 14.1 Å². The Kier molecular flexibility index (Phi) is 4.96. The van der Waals surface area contributed by atoms with Gasteiger partial charge in [0.15, 0.2) is 5.57 Å². The highest BCUT2D eigenvalue weighted by Gasteiger charge is 2.06. The number of methoxy groups -OCH3 is 1. The lowest BCUT2D eigenvalue weighted by atomic mass is 10.3. The third-order valence-electron chi connectivity index (χ3n) is 1.03. The van der Waals surface area contributed by atoms with Crippen molar-refractivity contribution < 1.29 is 9.53 Å². The average molecular weight is 181 g/mol. The molecule has 0 saturated carbocycles. The molecule has 0 saturated heterocycles. The number of carbonyl (C=O) groups is 1. The second kappa shape index (κ2) is 5.77. The molecule has 70 valence electrons. The van der Waals surface area contributed by atoms with Gasteiger partial charge in [-0.2, -0.15) is 5.26 Å². The first-order valence-electron chi connectivity index (χ1n) is 3.50. The molecule has 0 fully saturated rings. The zero-order valence-corrected chi connectivity index (χ0v) is 7.81. The lowest BCUT2D eigenvalue weighted by Gasteiger charge is -1.99. The molecule has 0 unspecified atom stereocenters. The van der Waals surface area contributed by atoms with Gasteiger partial charge in [-0.15, -0.1) is 0 Å². The van der Waals surface area contributed by atoms with Crippen molar-refractivity contribution in [3.63, 3.8) is 0 Å². The SMILES string of the molecule is COC(=O)C(C#N)=CN=CN(C)C. The maximum absolute atomic E-state index is 10.8. The van der Waals surface area contributed by atoms with Crippen LogP contribution in [0.3, 0.4) is 0 Å². The molecule has 0 rings (SSSR count). The summed E-state index contributed by atoms with van der Waals surface area (Å²) in [6.07, 6.45) is 2.63. The number of carbonyl (C=O) groups excluding carboxylic acids is 1. The minimum atomic E-state index is -0.682. The normalized spacial score (nSPS) is 11.1. The molecule has 0 aliphatic carbocycles. The van der Waals surface area contributed by atoms with Gasteiger partial charge in [-0.1, -0.05) is 0 Å². The second-order valence-electron chi connectivity index (χ2n) is 2.37. The minimum Gasteiger partial charge on any atom is -0.465 e. The lowest BCUT2D eigenvalue weighted by molar-refractivity contribution is -0.135. The van der Waals surface area contributed by atoms with Gasteiger partial charge in [-0.3, -0.25) is 0 Å². The van der Waals surface area contributed by atoms with Crippen LogP contribution in [0, 0.1) is 11.3 Å². The van der Waals surface area contributed by atoms with E-state index in [-0.39, 0.29) is 5.57 Å². The van der Waals surface area contributed by atoms with E-state index in [0.29, 0.717) is 0 Å². The van der Waals surface area contributed by atoms with E-state index in [1.807, 2.05) is 0 Å². The summed E-state index contributed by atoms with van der Waals surface area (Å²) in [5.74, 6) is -0.682. The molecule has 0 heterocycles. The van der Waals surface area contributed by atoms with Crippen LogP contribution in [-0.4, -0.2) is 38.4 Å². The molecule has 0 aromatic rings. The fraction of sp³-hybridized carbons (Fsp3) is 0.375. The van der Waals surface area contributed by atoms with Crippen LogP contribution in [0.25, 0.3) is 0 Å². The predicted molar refractivity (Wildman–Crippen MR) is 47.9 cm³/mol. The quantitative estimate of drug-likeness (QED) is 0.204. The fourth-order valence-corrected chi connectivity index (χ4v) is 0.478. The molecule has 0 aliphatic heterocycles. The predicted octanol–water partition coefficient (Wildman–Crippen LogP) is 0.157. The smallest absolute Gasteiger partial charge is 0.350 e. The standard InChI is InChI=1S/C8H11N3O2/c1-11(2)6-10-5-7(4-9)8(12)13-3/h5-6H,1-3H3. The monoisotopic (exact) mass is 181 g/mol. The Morgan fingerprint density at radius 1 is 1.62 bits per heavy atom. The number of hydrogen-bond donors (Lipinski definition) is 0. The number of nitriles is 1. The molecule has 0 bridgehead atoms. The summed E-state index contributed by atoms with van der Waals surface area (Å²) in [4.78, 5) is 16.2. The summed E-state index contributed by atoms with van der Waals surface area (Å²) in [5, 5.41) is 8.49. The third-order valence-corrected chi connectivity index (χ3v) is 1.03. The molecule has 0 spiro atoms. The highest BCUT2D eigenvalue weighted by atomic mass is 16.5. The Morgan fingerprint density at radius 3 is 2.62 bits per heavy atom. The van der Waals surface area contributed by atoms with E-state index in [1.165, 1.54) is 13.4 Å². The molecular weight excluding hydrogens is 170 g/mol. The van der Waals surface area contributed by atoms with E-state index in [9.17, 15) is 4.79 Å². The van der Waals surface area contributed by atoms with E-state index in [4.69, 9.17) is 5.26 Å². The molecular formula is C8H11N3O2. The molecule has 13 heavy (non-hydrogen) atoms. The summed E-state index contributed by atoms with van der Waals surface area (Å²) < 4.78 is 4.34. The number of ether oxygens (including phenoxy) is 1. The molecule has 5 nitrogen and oxygen atoms in total. The van der Waals surface area contributed by atoms with Crippen molar-refractivity contribution in [3.8, 4) is 6.07 Å². The van der Waals surface area contributed by atoms with Crippen LogP contribution in [0.4, 0.5) is 0 Å². The van der Waals surface area contributed by atoms with Crippen LogP contribution >= 0.6 is 0 Å². The van der Waals surface area contributed by atoms with Crippen molar-refractivity contribution in [3.05, 3.63) is 11.8 Å². The summed E-state index contributed by atoms with van der Waals surface area (Å²) in [5.41, 5.74) is -0.124. The van der Waals surface area contributed by atoms with E-state index in [2.05, 4.69) is 9.73 Å². The van der Waals surface area contributed by atoms with Crippen LogP contribution in [0.5, 0.6) is 0 Å². The van der Waals surface area contributed by atoms with Crippen LogP contribution in [0.15, 0.2) is 16.8 Å². The van der Waals surface area contributed by atoms with Crippen LogP contribution < -0.4 is 0 Å². The Balaban J connectivity index is 4.43. The van der Waals surface area contributed by atoms with Gasteiger partial charge in [0.25, 0.3) is 0 Å². The number of nitrogens with zero attached hydrogens (tertiary/aromatic N) is 3. The maximum atomic E-state index is 10.8. The van der Waals surface area contributed by atoms with E-state index < -0.39 is 5.97 Å². The van der Waals surface area contributed by atoms with Crippen molar-refractivity contribution in [2.45, 2.75) is 0 Å². The van der Waals surface area contributed by atoms with Gasteiger partial charge in [0.2, 0.25) is 0 Å². The summed E-state index contributed by atoms with van der Waals surface area (Å²) in [7, 11) is 4.77. The highest BCUT2D eigenvalue weighted by Crippen LogP contribution is 1.94. The molecule has 5 heteroatoms. The van der Waals surface area contributed by atoms with Gasteiger partial charge in [-0.05, 0) is 0 Å². The van der Waals surface area contributed by atoms with Crippen molar-refractivity contribution in [1.82, 2.24) is 4.90 Å². The third kappa shape index (κ3) is 4.58. The Morgan fingerprint density at radius 2 is 2.23 bits per heavy atom. The molecule has 0 aromatic carbocycles. The Hall–Kier alpha value is -1.83. The van der Waals surface area contributed by atoms with Crippen molar-refractivity contribution in [2.75, 3.05) is 21.2 Å². The number of hydrogen-bond acceptors (Lipinski definition) is 4. The zero-order chi connectivity index (χ0) is 10.3. The van der Waals surface area contributed by atoms with Crippen LogP contribution in [0.2, 0.25) is 0 Å². The highest BCUT2D eigenvalue weighted by molar-refractivity contribution is 5.92. The minimum absolute atomic E-state index is 0.124. The van der Waals surface area contributed by atoms with E-state index in [1.54, 1.807) is 25.1 Å². The zero-order valence-electron chi connectivity index (χ0n) is 7.81. The van der Waals surface area contributed by atoms with E-state index >= 15 is 0 Å². The first-order valence-corrected chi connectivity index (χ1v) is 3.50. The molecule has 0 radical (unpaired) electrons. The van der Waals surface area contributed by atoms with E-state index in [0.717, 1.165) is 6.20 Å². The first kappa shape index (κ1) is 11.2. The topological polar surface area (TPSA) is 65.7 Å². The number of esters is 1. The number of rotatable bonds is 3. The summed E-state index contributed by atoms with van der Waals surface area (Å²) >= 11 is 0. The lowest BCUT2D eigenvalue weighted by Crippen LogP contribution is -2.07. The average Bonchev–Trinajstić information content (AvgIpc) is 2.11. The molecule has 0 aliphatic rings. The molecule has 0 atom stereocenters. The summed E-state index contributed by atoms with van der Waals surface area (Å²) in [6.45, 7) is 0. The van der Waals surface area contributed by atoms with Crippen molar-refractivity contribution >= 4 is 12.3 Å². The Bertz CT molecular complexity index is 274. The van der Waals surface area contributed by atoms with Crippen molar-refractivity contribution in [2.24, 2.45) is 4.99 Å². The van der Waals surface area contributed by atoms with Gasteiger partial charge in [0.1, 0.15) is 6.07 Å². The first-order chi connectivity index (χ1) is 6.11. The molecule has 0 aromatic heterocycles. The van der Waals surface area contributed by atoms with Crippen LogP contribution in [-0.2, 0) is 9.53 Å². The molecule has 0 N–H and O–H groups in total. The van der Waals surface area contributed by atoms with Crippen LogP contribution in [0.1, 0.15) is 0 Å².